The highest BCUT2D eigenvalue weighted by Crippen LogP contribution is 2.28. The van der Waals surface area contributed by atoms with Crippen LogP contribution in [0.5, 0.6) is 5.75 Å². The van der Waals surface area contributed by atoms with Gasteiger partial charge in [-0.25, -0.2) is 23.4 Å². The van der Waals surface area contributed by atoms with Crippen LogP contribution in [0.25, 0.3) is 44.2 Å². The van der Waals surface area contributed by atoms with Gasteiger partial charge in [0, 0.05) is 47.6 Å². The highest BCUT2D eigenvalue weighted by Gasteiger charge is 2.26. The van der Waals surface area contributed by atoms with Gasteiger partial charge in [0.15, 0.2) is 22.9 Å². The van der Waals surface area contributed by atoms with Gasteiger partial charge in [-0.3, -0.25) is 28.3 Å². The number of nitrogens with one attached hydrogen (secondary N) is 2. The quantitative estimate of drug-likeness (QED) is 0.125. The molecule has 0 aliphatic heterocycles. The Morgan fingerprint density at radius 3 is 1.54 bits per heavy atom. The Balaban J connectivity index is 0.000000168. The Labute approximate surface area is 379 Å². The highest BCUT2D eigenvalue weighted by molar-refractivity contribution is 6.05. The summed E-state index contributed by atoms with van der Waals surface area (Å²) in [6.45, 7) is 3.56. The molecule has 0 saturated heterocycles. The summed E-state index contributed by atoms with van der Waals surface area (Å²) in [5.41, 5.74) is 14.6. The van der Waals surface area contributed by atoms with E-state index in [0.29, 0.717) is 56.0 Å². The molecule has 2 amide bonds. The third kappa shape index (κ3) is 7.92. The van der Waals surface area contributed by atoms with E-state index in [1.807, 2.05) is 61.5 Å². The fourth-order valence-corrected chi connectivity index (χ4v) is 8.11. The first-order valence-electron chi connectivity index (χ1n) is 20.9. The number of benzene rings is 4. The maximum Gasteiger partial charge on any atom is 0.267 e. The van der Waals surface area contributed by atoms with Crippen molar-refractivity contribution in [2.75, 3.05) is 18.6 Å². The fraction of sp³-hybridized carbons (Fsp3) is 0.102. The number of rotatable bonds is 9. The van der Waals surface area contributed by atoms with E-state index in [0.717, 1.165) is 0 Å². The third-order valence-electron chi connectivity index (χ3n) is 11.2. The number of hydrogen-bond acceptors (Lipinski definition) is 11. The average Bonchev–Trinajstić information content (AvgIpc) is 3.86. The summed E-state index contributed by atoms with van der Waals surface area (Å²) in [6, 6.07) is 33.8. The molecule has 2 atom stereocenters. The number of hydrogen-bond donors (Lipinski definition) is 4. The van der Waals surface area contributed by atoms with E-state index in [4.69, 9.17) is 16.2 Å². The van der Waals surface area contributed by atoms with Gasteiger partial charge in [0.2, 0.25) is 0 Å². The maximum atomic E-state index is 14.6. The average molecular weight is 897 g/mol. The zero-order valence-electron chi connectivity index (χ0n) is 36.2. The SMILES string of the molecule is COc1cccc2cc([C@H](C)NC(=O)c3c(N)nn4cccnc34)n(-c3ccccc3)c(=O)c12.C[C@H](NC(=O)c1c(N)nn2cccnc12)c1cc2cccc(F)c2c(=O)n1-c1ccccc1. The number of nitrogens with zero attached hydrogens (tertiary/aromatic N) is 8. The fourth-order valence-electron chi connectivity index (χ4n) is 8.11. The minimum Gasteiger partial charge on any atom is -0.496 e. The number of aromatic nitrogens is 8. The minimum absolute atomic E-state index is 0.0142. The van der Waals surface area contributed by atoms with Crippen LogP contribution in [0.1, 0.15) is 58.0 Å². The largest absolute Gasteiger partial charge is 0.496 e. The topological polar surface area (TPSA) is 224 Å². The Hall–Kier alpha value is -9.19. The standard InChI is InChI=1S/C25H22N6O3.C24H19FN6O2/c1-15(28-24(32)21-22(26)29-30-13-7-12-27-23(21)30)18-14-16-8-6-11-19(34-2)20(16)25(33)31(18)17-9-4-3-5-10-17;1-14(28-23(32)20-21(26)29-30-12-6-11-27-22(20)30)18-13-15-7-5-10-17(25)19(15)24(33)31(18)16-8-3-2-4-9-16/h3-15H,1-2H3,(H2,26,29)(H,28,32);2-14H,1H3,(H2,26,29)(H,28,32)/t15-;14-/m00/s1. The van der Waals surface area contributed by atoms with E-state index in [1.165, 1.54) is 26.8 Å². The van der Waals surface area contributed by atoms with Crippen molar-refractivity contribution in [2.24, 2.45) is 0 Å². The van der Waals surface area contributed by atoms with Gasteiger partial charge in [0.05, 0.1) is 30.0 Å². The maximum absolute atomic E-state index is 14.6. The van der Waals surface area contributed by atoms with Gasteiger partial charge >= 0.3 is 0 Å². The molecule has 67 heavy (non-hydrogen) atoms. The first-order chi connectivity index (χ1) is 32.4. The van der Waals surface area contributed by atoms with Gasteiger partial charge in [0.1, 0.15) is 22.7 Å². The number of anilines is 2. The Bertz CT molecular complexity index is 3650. The van der Waals surface area contributed by atoms with Crippen LogP contribution in [0.3, 0.4) is 0 Å². The van der Waals surface area contributed by atoms with Crippen LogP contribution in [0.2, 0.25) is 0 Å². The van der Waals surface area contributed by atoms with Crippen molar-refractivity contribution in [3.63, 3.8) is 0 Å². The molecule has 10 rings (SSSR count). The molecule has 0 spiro atoms. The predicted molar refractivity (Wildman–Crippen MR) is 252 cm³/mol. The van der Waals surface area contributed by atoms with Crippen molar-refractivity contribution >= 4 is 56.3 Å². The number of para-hydroxylation sites is 2. The van der Waals surface area contributed by atoms with Crippen molar-refractivity contribution in [1.82, 2.24) is 49.0 Å². The number of nitrogen functional groups attached to an aromatic ring is 2. The minimum atomic E-state index is -0.629. The van der Waals surface area contributed by atoms with Crippen LogP contribution in [-0.4, -0.2) is 57.3 Å². The zero-order chi connectivity index (χ0) is 46.9. The number of carbonyl (C=O) groups excluding carboxylic acids is 2. The van der Waals surface area contributed by atoms with E-state index in [1.54, 1.807) is 96.9 Å². The molecule has 18 heteroatoms. The van der Waals surface area contributed by atoms with Crippen molar-refractivity contribution in [1.29, 1.82) is 0 Å². The zero-order valence-corrected chi connectivity index (χ0v) is 36.2. The molecular formula is C49H41FN12O5. The first kappa shape index (κ1) is 43.1. The summed E-state index contributed by atoms with van der Waals surface area (Å²) in [7, 11) is 1.53. The number of ether oxygens (including phenoxy) is 1. The first-order valence-corrected chi connectivity index (χ1v) is 20.9. The van der Waals surface area contributed by atoms with Gasteiger partial charge in [-0.15, -0.1) is 10.2 Å². The van der Waals surface area contributed by atoms with Crippen LogP contribution in [0.4, 0.5) is 16.0 Å². The van der Waals surface area contributed by atoms with E-state index < -0.39 is 35.3 Å². The van der Waals surface area contributed by atoms with Crippen molar-refractivity contribution in [2.45, 2.75) is 25.9 Å². The molecule has 6 N–H and O–H groups in total. The Kier molecular flexibility index (Phi) is 11.4. The summed E-state index contributed by atoms with van der Waals surface area (Å²) in [5.74, 6) is -0.917. The molecule has 334 valence electrons. The summed E-state index contributed by atoms with van der Waals surface area (Å²) >= 11 is 0. The second kappa shape index (κ2) is 17.8. The summed E-state index contributed by atoms with van der Waals surface area (Å²) in [4.78, 5) is 61.9. The normalized spacial score (nSPS) is 12.1. The number of halogens is 1. The molecule has 0 aliphatic carbocycles. The van der Waals surface area contributed by atoms with Crippen LogP contribution >= 0.6 is 0 Å². The van der Waals surface area contributed by atoms with Crippen LogP contribution in [-0.2, 0) is 0 Å². The molecule has 0 unspecified atom stereocenters. The lowest BCUT2D eigenvalue weighted by Gasteiger charge is -2.21. The monoisotopic (exact) mass is 896 g/mol. The molecular weight excluding hydrogens is 856 g/mol. The number of fused-ring (bicyclic) bond motifs is 4. The summed E-state index contributed by atoms with van der Waals surface area (Å²) in [5, 5.41) is 15.7. The molecule has 0 bridgehead atoms. The Morgan fingerprint density at radius 1 is 0.612 bits per heavy atom. The van der Waals surface area contributed by atoms with Gasteiger partial charge in [-0.2, -0.15) is 0 Å². The molecule has 6 heterocycles. The van der Waals surface area contributed by atoms with Crippen LogP contribution in [0, 0.1) is 5.82 Å². The summed E-state index contributed by atoms with van der Waals surface area (Å²) < 4.78 is 25.9. The van der Waals surface area contributed by atoms with Gasteiger partial charge < -0.3 is 26.8 Å². The molecule has 0 saturated carbocycles. The smallest absolute Gasteiger partial charge is 0.267 e. The highest BCUT2D eigenvalue weighted by atomic mass is 19.1. The molecule has 0 fully saturated rings. The lowest BCUT2D eigenvalue weighted by molar-refractivity contribution is 0.0932. The lowest BCUT2D eigenvalue weighted by Crippen LogP contribution is -2.32. The number of amides is 2. The molecule has 10 aromatic rings. The van der Waals surface area contributed by atoms with Gasteiger partial charge in [-0.05, 0) is 85.3 Å². The predicted octanol–water partition coefficient (Wildman–Crippen LogP) is 6.36. The number of methoxy groups -OCH3 is 1. The van der Waals surface area contributed by atoms with Gasteiger partial charge in [-0.1, -0.05) is 60.7 Å². The molecule has 0 radical (unpaired) electrons. The van der Waals surface area contributed by atoms with Crippen molar-refractivity contribution in [3.8, 4) is 17.1 Å². The molecule has 6 aromatic heterocycles. The van der Waals surface area contributed by atoms with Crippen LogP contribution < -0.4 is 38.0 Å². The second-order valence-corrected chi connectivity index (χ2v) is 15.4. The molecule has 0 aliphatic rings. The van der Waals surface area contributed by atoms with E-state index >= 15 is 0 Å². The summed E-state index contributed by atoms with van der Waals surface area (Å²) in [6.07, 6.45) is 6.43. The van der Waals surface area contributed by atoms with Crippen molar-refractivity contribution in [3.05, 3.63) is 195 Å². The number of nitrogens with two attached hydrogens (primary N) is 2. The second-order valence-electron chi connectivity index (χ2n) is 15.4. The molecule has 17 nitrogen and oxygen atoms in total. The number of pyridine rings is 2. The van der Waals surface area contributed by atoms with E-state index in [-0.39, 0.29) is 33.7 Å². The molecule has 4 aromatic carbocycles. The van der Waals surface area contributed by atoms with E-state index in [9.17, 15) is 23.6 Å². The third-order valence-corrected chi connectivity index (χ3v) is 11.2. The van der Waals surface area contributed by atoms with E-state index in [2.05, 4.69) is 30.8 Å². The van der Waals surface area contributed by atoms with Crippen molar-refractivity contribution < 1.29 is 18.7 Å². The van der Waals surface area contributed by atoms with Crippen LogP contribution in [0.15, 0.2) is 156 Å². The number of carbonyl (C=O) groups is 2. The Morgan fingerprint density at radius 2 is 1.06 bits per heavy atom. The van der Waals surface area contributed by atoms with Gasteiger partial charge in [0.25, 0.3) is 22.9 Å². The lowest BCUT2D eigenvalue weighted by atomic mass is 10.1.